The molecule has 1 amide bonds. The van der Waals surface area contributed by atoms with Crippen LogP contribution in [0.2, 0.25) is 0 Å². The molecular formula is C23H24N4O. The first-order chi connectivity index (χ1) is 13.6. The van der Waals surface area contributed by atoms with Gasteiger partial charge in [0.1, 0.15) is 0 Å². The fraction of sp³-hybridized carbons (Fsp3) is 0.261. The average molecular weight is 372 g/mol. The van der Waals surface area contributed by atoms with Crippen molar-refractivity contribution in [1.29, 1.82) is 0 Å². The fourth-order valence-corrected chi connectivity index (χ4v) is 3.53. The lowest BCUT2D eigenvalue weighted by atomic mass is 9.96. The second-order valence-corrected chi connectivity index (χ2v) is 7.39. The van der Waals surface area contributed by atoms with Crippen molar-refractivity contribution in [3.05, 3.63) is 71.8 Å². The molecule has 0 fully saturated rings. The van der Waals surface area contributed by atoms with Gasteiger partial charge in [-0.25, -0.2) is 0 Å². The highest BCUT2D eigenvalue weighted by molar-refractivity contribution is 6.04. The predicted octanol–water partition coefficient (Wildman–Crippen LogP) is 4.34. The number of hydrogen-bond acceptors (Lipinski definition) is 4. The SMILES string of the molecule is CN(C)c1ccc(-c2cncc(C(=O)Nc3cnc4c(c3)CCCC4)c2)cc1. The number of anilines is 2. The highest BCUT2D eigenvalue weighted by atomic mass is 16.1. The van der Waals surface area contributed by atoms with Crippen molar-refractivity contribution in [3.63, 3.8) is 0 Å². The molecule has 142 valence electrons. The van der Waals surface area contributed by atoms with Gasteiger partial charge < -0.3 is 10.2 Å². The number of hydrogen-bond donors (Lipinski definition) is 1. The number of carbonyl (C=O) groups is 1. The Balaban J connectivity index is 1.53. The van der Waals surface area contributed by atoms with Crippen molar-refractivity contribution >= 4 is 17.3 Å². The number of benzene rings is 1. The van der Waals surface area contributed by atoms with Crippen molar-refractivity contribution in [2.24, 2.45) is 0 Å². The summed E-state index contributed by atoms with van der Waals surface area (Å²) in [7, 11) is 4.02. The summed E-state index contributed by atoms with van der Waals surface area (Å²) in [5, 5.41) is 2.96. The van der Waals surface area contributed by atoms with Gasteiger partial charge >= 0.3 is 0 Å². The molecule has 0 saturated heterocycles. The van der Waals surface area contributed by atoms with E-state index in [4.69, 9.17) is 0 Å². The van der Waals surface area contributed by atoms with Crippen molar-refractivity contribution < 1.29 is 4.79 Å². The molecule has 0 radical (unpaired) electrons. The first kappa shape index (κ1) is 18.2. The Hall–Kier alpha value is -3.21. The molecule has 1 aliphatic carbocycles. The molecule has 0 saturated carbocycles. The Kier molecular flexibility index (Phi) is 5.06. The van der Waals surface area contributed by atoms with Gasteiger partial charge in [0.05, 0.1) is 17.4 Å². The molecule has 4 rings (SSSR count). The van der Waals surface area contributed by atoms with Gasteiger partial charge in [-0.15, -0.1) is 0 Å². The van der Waals surface area contributed by atoms with Gasteiger partial charge in [-0.05, 0) is 61.1 Å². The van der Waals surface area contributed by atoms with Crippen LogP contribution >= 0.6 is 0 Å². The minimum Gasteiger partial charge on any atom is -0.378 e. The fourth-order valence-electron chi connectivity index (χ4n) is 3.53. The standard InChI is InChI=1S/C23H24N4O/c1-27(2)21-9-7-16(8-10-21)18-11-19(14-24-13-18)23(28)26-20-12-17-5-3-4-6-22(17)25-15-20/h7-15H,3-6H2,1-2H3,(H,26,28). The molecule has 1 aliphatic rings. The molecule has 0 unspecified atom stereocenters. The monoisotopic (exact) mass is 372 g/mol. The number of aryl methyl sites for hydroxylation is 2. The minimum absolute atomic E-state index is 0.170. The van der Waals surface area contributed by atoms with E-state index in [1.54, 1.807) is 18.6 Å². The number of amides is 1. The van der Waals surface area contributed by atoms with Gasteiger partial charge in [-0.3, -0.25) is 14.8 Å². The maximum atomic E-state index is 12.7. The summed E-state index contributed by atoms with van der Waals surface area (Å²) in [5.74, 6) is -0.170. The van der Waals surface area contributed by atoms with Gasteiger partial charge in [0, 0.05) is 43.4 Å². The van der Waals surface area contributed by atoms with Crippen LogP contribution in [0.5, 0.6) is 0 Å². The Labute approximate surface area is 165 Å². The maximum Gasteiger partial charge on any atom is 0.257 e. The lowest BCUT2D eigenvalue weighted by molar-refractivity contribution is 0.102. The number of carbonyl (C=O) groups excluding carboxylic acids is 1. The van der Waals surface area contributed by atoms with Crippen molar-refractivity contribution in [1.82, 2.24) is 9.97 Å². The van der Waals surface area contributed by atoms with Gasteiger partial charge in [0.15, 0.2) is 0 Å². The first-order valence-corrected chi connectivity index (χ1v) is 9.62. The van der Waals surface area contributed by atoms with E-state index in [-0.39, 0.29) is 5.91 Å². The molecule has 5 nitrogen and oxygen atoms in total. The predicted molar refractivity (Wildman–Crippen MR) is 113 cm³/mol. The lowest BCUT2D eigenvalue weighted by Crippen LogP contribution is -2.14. The van der Waals surface area contributed by atoms with E-state index in [9.17, 15) is 4.79 Å². The molecule has 0 spiro atoms. The smallest absolute Gasteiger partial charge is 0.257 e. The van der Waals surface area contributed by atoms with E-state index in [1.807, 2.05) is 32.3 Å². The number of nitrogens with zero attached hydrogens (tertiary/aromatic N) is 3. The zero-order valence-corrected chi connectivity index (χ0v) is 16.3. The highest BCUT2D eigenvalue weighted by Gasteiger charge is 2.13. The number of aromatic nitrogens is 2. The van der Waals surface area contributed by atoms with E-state index in [0.717, 1.165) is 41.0 Å². The molecule has 0 bridgehead atoms. The zero-order valence-electron chi connectivity index (χ0n) is 16.3. The van der Waals surface area contributed by atoms with Gasteiger partial charge in [0.2, 0.25) is 0 Å². The average Bonchev–Trinajstić information content (AvgIpc) is 2.74. The lowest BCUT2D eigenvalue weighted by Gasteiger charge is -2.16. The third kappa shape index (κ3) is 3.88. The van der Waals surface area contributed by atoms with E-state index in [0.29, 0.717) is 5.56 Å². The number of rotatable bonds is 4. The Morgan fingerprint density at radius 1 is 0.964 bits per heavy atom. The van der Waals surface area contributed by atoms with E-state index >= 15 is 0 Å². The molecule has 2 heterocycles. The van der Waals surface area contributed by atoms with Crippen LogP contribution in [0.3, 0.4) is 0 Å². The van der Waals surface area contributed by atoms with Crippen LogP contribution in [-0.4, -0.2) is 30.0 Å². The van der Waals surface area contributed by atoms with Crippen LogP contribution in [-0.2, 0) is 12.8 Å². The second kappa shape index (κ2) is 7.80. The van der Waals surface area contributed by atoms with Crippen molar-refractivity contribution in [2.75, 3.05) is 24.3 Å². The summed E-state index contributed by atoms with van der Waals surface area (Å²) in [5.41, 5.74) is 6.76. The highest BCUT2D eigenvalue weighted by Crippen LogP contribution is 2.24. The molecule has 5 heteroatoms. The second-order valence-electron chi connectivity index (χ2n) is 7.39. The summed E-state index contributed by atoms with van der Waals surface area (Å²) in [6.07, 6.45) is 9.57. The molecule has 0 aliphatic heterocycles. The van der Waals surface area contributed by atoms with Crippen LogP contribution in [0.1, 0.15) is 34.5 Å². The molecule has 0 atom stereocenters. The van der Waals surface area contributed by atoms with Crippen LogP contribution in [0.15, 0.2) is 55.0 Å². The van der Waals surface area contributed by atoms with E-state index in [1.165, 1.54) is 18.4 Å². The normalized spacial score (nSPS) is 12.9. The maximum absolute atomic E-state index is 12.7. The summed E-state index contributed by atoms with van der Waals surface area (Å²) < 4.78 is 0. The van der Waals surface area contributed by atoms with Crippen LogP contribution in [0.4, 0.5) is 11.4 Å². The Morgan fingerprint density at radius 3 is 2.54 bits per heavy atom. The van der Waals surface area contributed by atoms with Crippen LogP contribution in [0, 0.1) is 0 Å². The largest absolute Gasteiger partial charge is 0.378 e. The quantitative estimate of drug-likeness (QED) is 0.740. The molecule has 1 N–H and O–H groups in total. The van der Waals surface area contributed by atoms with Crippen LogP contribution < -0.4 is 10.2 Å². The zero-order chi connectivity index (χ0) is 19.5. The molecular weight excluding hydrogens is 348 g/mol. The van der Waals surface area contributed by atoms with Gasteiger partial charge in [-0.1, -0.05) is 12.1 Å². The Bertz CT molecular complexity index is 996. The number of nitrogens with one attached hydrogen (secondary N) is 1. The van der Waals surface area contributed by atoms with Gasteiger partial charge in [-0.2, -0.15) is 0 Å². The molecule has 3 aromatic rings. The summed E-state index contributed by atoms with van der Waals surface area (Å²) in [6, 6.07) is 12.1. The molecule has 1 aromatic carbocycles. The minimum atomic E-state index is -0.170. The van der Waals surface area contributed by atoms with E-state index < -0.39 is 0 Å². The van der Waals surface area contributed by atoms with Gasteiger partial charge in [0.25, 0.3) is 5.91 Å². The summed E-state index contributed by atoms with van der Waals surface area (Å²) >= 11 is 0. The Morgan fingerprint density at radius 2 is 1.75 bits per heavy atom. The van der Waals surface area contributed by atoms with E-state index in [2.05, 4.69) is 38.4 Å². The third-order valence-corrected chi connectivity index (χ3v) is 5.14. The number of fused-ring (bicyclic) bond motifs is 1. The summed E-state index contributed by atoms with van der Waals surface area (Å²) in [6.45, 7) is 0. The number of pyridine rings is 2. The van der Waals surface area contributed by atoms with Crippen LogP contribution in [0.25, 0.3) is 11.1 Å². The third-order valence-electron chi connectivity index (χ3n) is 5.14. The first-order valence-electron chi connectivity index (χ1n) is 9.62. The van der Waals surface area contributed by atoms with Crippen molar-refractivity contribution in [2.45, 2.75) is 25.7 Å². The topological polar surface area (TPSA) is 58.1 Å². The summed E-state index contributed by atoms with van der Waals surface area (Å²) in [4.78, 5) is 23.6. The molecule has 28 heavy (non-hydrogen) atoms. The van der Waals surface area contributed by atoms with Crippen molar-refractivity contribution in [3.8, 4) is 11.1 Å². The molecule has 2 aromatic heterocycles.